The summed E-state index contributed by atoms with van der Waals surface area (Å²) in [6.45, 7) is 0.729. The molecule has 1 aromatic rings. The van der Waals surface area contributed by atoms with E-state index in [2.05, 4.69) is 15.6 Å². The number of alkyl halides is 3. The van der Waals surface area contributed by atoms with Crippen molar-refractivity contribution in [1.82, 2.24) is 4.90 Å². The molecular weight excluding hydrogens is 339 g/mol. The van der Waals surface area contributed by atoms with Crippen LogP contribution in [0.25, 0.3) is 0 Å². The maximum absolute atomic E-state index is 12.6. The van der Waals surface area contributed by atoms with Crippen LogP contribution in [0, 0.1) is 0 Å². The van der Waals surface area contributed by atoms with Gasteiger partial charge in [-0.25, -0.2) is 4.40 Å². The zero-order valence-electron chi connectivity index (χ0n) is 12.5. The summed E-state index contributed by atoms with van der Waals surface area (Å²) >= 11 is 0. The van der Waals surface area contributed by atoms with Gasteiger partial charge in [0.05, 0.1) is 11.1 Å². The minimum Gasteiger partial charge on any atom is -0.331 e. The van der Waals surface area contributed by atoms with E-state index in [0.29, 0.717) is 17.1 Å². The number of benzene rings is 1. The highest BCUT2D eigenvalue weighted by molar-refractivity contribution is 8.13. The maximum Gasteiger partial charge on any atom is 0.416 e. The number of amides is 1. The summed E-state index contributed by atoms with van der Waals surface area (Å²) in [4.78, 5) is 14.3. The second-order valence-electron chi connectivity index (χ2n) is 5.23. The Kier molecular flexibility index (Phi) is 4.31. The van der Waals surface area contributed by atoms with Crippen molar-refractivity contribution in [3.63, 3.8) is 0 Å². The van der Waals surface area contributed by atoms with Gasteiger partial charge in [0, 0.05) is 24.2 Å². The Bertz CT molecular complexity index is 779. The largest absolute Gasteiger partial charge is 0.416 e. The number of hydrogen-bond donors (Lipinski definition) is 1. The van der Waals surface area contributed by atoms with Gasteiger partial charge < -0.3 is 10.2 Å². The van der Waals surface area contributed by atoms with E-state index in [1.807, 2.05) is 11.1 Å². The number of fused-ring (bicyclic) bond motifs is 1. The van der Waals surface area contributed by atoms with Gasteiger partial charge in [-0.15, -0.1) is 0 Å². The molecule has 0 saturated carbocycles. The summed E-state index contributed by atoms with van der Waals surface area (Å²) in [5.74, 6) is 4.88. The van der Waals surface area contributed by atoms with E-state index in [0.717, 1.165) is 24.4 Å². The number of allylic oxidation sites excluding steroid dienone is 2. The molecule has 0 fully saturated rings. The van der Waals surface area contributed by atoms with Gasteiger partial charge in [-0.2, -0.15) is 13.2 Å². The molecule has 2 aliphatic heterocycles. The van der Waals surface area contributed by atoms with E-state index in [4.69, 9.17) is 0 Å². The molecule has 1 atom stereocenters. The van der Waals surface area contributed by atoms with Crippen LogP contribution in [0.15, 0.2) is 52.6 Å². The first-order chi connectivity index (χ1) is 11.3. The number of halogens is 3. The number of carbonyl (C=O) groups excluding carboxylic acids is 1. The second kappa shape index (κ2) is 6.27. The van der Waals surface area contributed by atoms with Gasteiger partial charge in [-0.1, -0.05) is 16.5 Å². The number of carbonyl (C=O) groups is 1. The highest BCUT2D eigenvalue weighted by Gasteiger charge is 2.30. The smallest absolute Gasteiger partial charge is 0.331 e. The normalized spacial score (nSPS) is 20.1. The SMILES string of the molecule is C=S1CCN2C=CC=C(C(=O)Nc3ccc(C(F)(F)F)cc3)C2=N1. The molecule has 126 valence electrons. The number of anilines is 1. The van der Waals surface area contributed by atoms with E-state index >= 15 is 0 Å². The molecule has 0 aromatic heterocycles. The van der Waals surface area contributed by atoms with E-state index in [1.54, 1.807) is 12.2 Å². The lowest BCUT2D eigenvalue weighted by molar-refractivity contribution is -0.137. The summed E-state index contributed by atoms with van der Waals surface area (Å²) < 4.78 is 42.1. The number of nitrogens with one attached hydrogen (secondary N) is 1. The average molecular weight is 353 g/mol. The lowest BCUT2D eigenvalue weighted by atomic mass is 10.1. The Morgan fingerprint density at radius 1 is 1.29 bits per heavy atom. The van der Waals surface area contributed by atoms with Crippen LogP contribution in [-0.4, -0.2) is 34.8 Å². The van der Waals surface area contributed by atoms with Crippen molar-refractivity contribution in [2.45, 2.75) is 6.18 Å². The summed E-state index contributed by atoms with van der Waals surface area (Å²) in [6, 6.07) is 4.32. The molecule has 0 radical (unpaired) electrons. The third kappa shape index (κ3) is 3.43. The van der Waals surface area contributed by atoms with Gasteiger partial charge in [0.25, 0.3) is 5.91 Å². The lowest BCUT2D eigenvalue weighted by Crippen LogP contribution is -2.37. The Balaban J connectivity index is 1.78. The van der Waals surface area contributed by atoms with Gasteiger partial charge >= 0.3 is 6.18 Å². The predicted octanol–water partition coefficient (Wildman–Crippen LogP) is 3.43. The number of rotatable bonds is 2. The van der Waals surface area contributed by atoms with E-state index in [-0.39, 0.29) is 10.7 Å². The molecule has 1 unspecified atom stereocenters. The molecule has 0 bridgehead atoms. The van der Waals surface area contributed by atoms with Crippen LogP contribution >= 0.6 is 10.7 Å². The number of nitrogens with zero attached hydrogens (tertiary/aromatic N) is 2. The zero-order chi connectivity index (χ0) is 17.3. The Hall–Kier alpha value is -2.35. The third-order valence-corrected chi connectivity index (χ3v) is 4.62. The van der Waals surface area contributed by atoms with E-state index in [1.165, 1.54) is 12.1 Å². The standard InChI is InChI=1S/C16H14F3N3OS/c1-24-10-9-22-8-2-3-13(14(22)21-24)15(23)20-12-6-4-11(5-7-12)16(17,18)19/h2-8H,1,9-10H2,(H,20,23). The van der Waals surface area contributed by atoms with Crippen LogP contribution in [-0.2, 0) is 11.0 Å². The first kappa shape index (κ1) is 16.5. The van der Waals surface area contributed by atoms with Crippen LogP contribution < -0.4 is 5.32 Å². The monoisotopic (exact) mass is 353 g/mol. The Labute approximate surface area is 139 Å². The molecule has 8 heteroatoms. The minimum absolute atomic E-state index is 0.292. The van der Waals surface area contributed by atoms with Crippen LogP contribution in [0.3, 0.4) is 0 Å². The fourth-order valence-electron chi connectivity index (χ4n) is 2.31. The van der Waals surface area contributed by atoms with Crippen LogP contribution in [0.1, 0.15) is 5.56 Å². The molecule has 4 nitrogen and oxygen atoms in total. The number of amidine groups is 1. The van der Waals surface area contributed by atoms with Gasteiger partial charge in [0.15, 0.2) is 5.84 Å². The molecule has 2 aliphatic rings. The van der Waals surface area contributed by atoms with Crippen molar-refractivity contribution < 1.29 is 18.0 Å². The first-order valence-electron chi connectivity index (χ1n) is 7.08. The highest BCUT2D eigenvalue weighted by atomic mass is 32.2. The van der Waals surface area contributed by atoms with Crippen molar-refractivity contribution in [2.24, 2.45) is 4.40 Å². The lowest BCUT2D eigenvalue weighted by Gasteiger charge is -2.29. The second-order valence-corrected chi connectivity index (χ2v) is 6.74. The predicted molar refractivity (Wildman–Crippen MR) is 91.0 cm³/mol. The van der Waals surface area contributed by atoms with Crippen molar-refractivity contribution in [1.29, 1.82) is 0 Å². The van der Waals surface area contributed by atoms with Gasteiger partial charge in [0.1, 0.15) is 0 Å². The Morgan fingerprint density at radius 2 is 2.00 bits per heavy atom. The zero-order valence-corrected chi connectivity index (χ0v) is 13.3. The minimum atomic E-state index is -4.40. The molecule has 0 aliphatic carbocycles. The molecule has 24 heavy (non-hydrogen) atoms. The van der Waals surface area contributed by atoms with Crippen molar-refractivity contribution in [2.75, 3.05) is 17.6 Å². The topological polar surface area (TPSA) is 44.7 Å². The molecular formula is C16H14F3N3OS. The molecule has 1 aromatic carbocycles. The van der Waals surface area contributed by atoms with Gasteiger partial charge in [0.2, 0.25) is 0 Å². The summed E-state index contributed by atoms with van der Waals surface area (Å²) in [5, 5.41) is 2.60. The maximum atomic E-state index is 12.6. The highest BCUT2D eigenvalue weighted by Crippen LogP contribution is 2.30. The van der Waals surface area contributed by atoms with Crippen LogP contribution in [0.5, 0.6) is 0 Å². The molecule has 1 N–H and O–H groups in total. The first-order valence-corrected chi connectivity index (χ1v) is 8.60. The van der Waals surface area contributed by atoms with Gasteiger partial charge in [-0.05, 0) is 36.4 Å². The van der Waals surface area contributed by atoms with E-state index in [9.17, 15) is 18.0 Å². The Morgan fingerprint density at radius 3 is 2.67 bits per heavy atom. The van der Waals surface area contributed by atoms with Crippen molar-refractivity contribution >= 4 is 34.0 Å². The third-order valence-electron chi connectivity index (χ3n) is 3.54. The van der Waals surface area contributed by atoms with Gasteiger partial charge in [-0.3, -0.25) is 4.79 Å². The molecule has 2 heterocycles. The van der Waals surface area contributed by atoms with Crippen LogP contribution in [0.2, 0.25) is 0 Å². The fraction of sp³-hybridized carbons (Fsp3) is 0.188. The van der Waals surface area contributed by atoms with Crippen molar-refractivity contribution in [3.05, 3.63) is 53.8 Å². The molecule has 3 rings (SSSR count). The fourth-order valence-corrected chi connectivity index (χ4v) is 3.26. The van der Waals surface area contributed by atoms with E-state index < -0.39 is 17.6 Å². The average Bonchev–Trinajstić information content (AvgIpc) is 2.53. The van der Waals surface area contributed by atoms with Crippen molar-refractivity contribution in [3.8, 4) is 0 Å². The molecule has 1 amide bonds. The summed E-state index contributed by atoms with van der Waals surface area (Å²) in [7, 11) is -0.389. The number of hydrogen-bond acceptors (Lipinski definition) is 3. The summed E-state index contributed by atoms with van der Waals surface area (Å²) in [6.07, 6.45) is 0.815. The molecule has 0 saturated heterocycles. The summed E-state index contributed by atoms with van der Waals surface area (Å²) in [5.41, 5.74) is -0.0949. The quantitative estimate of drug-likeness (QED) is 0.828. The molecule has 0 spiro atoms. The van der Waals surface area contributed by atoms with Crippen LogP contribution in [0.4, 0.5) is 18.9 Å².